The molecule has 8 nitrogen and oxygen atoms in total. The van der Waals surface area contributed by atoms with Crippen LogP contribution in [0, 0.1) is 0 Å². The topological polar surface area (TPSA) is 89.5 Å². The zero-order chi connectivity index (χ0) is 25.3. The molecule has 0 bridgehead atoms. The summed E-state index contributed by atoms with van der Waals surface area (Å²) in [6.07, 6.45) is 0. The Morgan fingerprint density at radius 3 is 1.17 bits per heavy atom. The highest BCUT2D eigenvalue weighted by Gasteiger charge is 2.43. The van der Waals surface area contributed by atoms with E-state index in [9.17, 15) is 9.13 Å². The summed E-state index contributed by atoms with van der Waals surface area (Å²) in [5, 5.41) is 0.655. The number of hydrogen-bond donors (Lipinski definition) is 0. The summed E-state index contributed by atoms with van der Waals surface area (Å²) >= 11 is 0. The number of benzene rings is 3. The first kappa shape index (κ1) is 27.9. The molecule has 0 saturated heterocycles. The van der Waals surface area contributed by atoms with Crippen LogP contribution in [0.15, 0.2) is 91.0 Å². The van der Waals surface area contributed by atoms with Gasteiger partial charge in [0.2, 0.25) is 8.38 Å². The first-order chi connectivity index (χ1) is 16.9. The summed E-state index contributed by atoms with van der Waals surface area (Å²) in [6.45, 7) is 0. The Balaban J connectivity index is 2.10. The molecule has 0 heterocycles. The van der Waals surface area contributed by atoms with Gasteiger partial charge in [0.1, 0.15) is 0 Å². The summed E-state index contributed by atoms with van der Waals surface area (Å²) in [7, 11) is -4.36. The molecule has 3 aromatic carbocycles. The first-order valence-corrected chi connectivity index (χ1v) is 15.0. The average molecular weight is 538 g/mol. The van der Waals surface area contributed by atoms with Crippen LogP contribution >= 0.6 is 23.6 Å². The van der Waals surface area contributed by atoms with Gasteiger partial charge in [-0.1, -0.05) is 78.9 Å². The van der Waals surface area contributed by atoms with Crippen LogP contribution in [0.3, 0.4) is 0 Å². The second-order valence-electron chi connectivity index (χ2n) is 7.14. The Kier molecular flexibility index (Phi) is 10.4. The molecule has 3 atom stereocenters. The standard InChI is InChI=1S/C24H29O8P3/c1-27-34(25,28-2)23(20-14-8-5-9-15-20)31-33(22-18-12-7-13-19-22)32-24(35(26,29-3)30-4)21-16-10-6-11-17-21/h5-19,23-24H,1-4H3/t23-,24+,33?. The summed E-state index contributed by atoms with van der Waals surface area (Å²) in [5.74, 6) is -2.24. The van der Waals surface area contributed by atoms with E-state index in [-0.39, 0.29) is 0 Å². The predicted molar refractivity (Wildman–Crippen MR) is 137 cm³/mol. The van der Waals surface area contributed by atoms with Crippen molar-refractivity contribution >= 4 is 28.9 Å². The first-order valence-electron chi connectivity index (χ1n) is 10.6. The molecule has 3 aromatic rings. The molecule has 188 valence electrons. The SMILES string of the molecule is COP(=O)(OC)[C@H](OP(O[C@@H](c1ccccc1)P(=O)(OC)OC)c1ccccc1)c1ccccc1. The highest BCUT2D eigenvalue weighted by molar-refractivity contribution is 7.59. The van der Waals surface area contributed by atoms with Gasteiger partial charge < -0.3 is 27.1 Å². The Morgan fingerprint density at radius 1 is 0.543 bits per heavy atom. The predicted octanol–water partition coefficient (Wildman–Crippen LogP) is 7.03. The lowest BCUT2D eigenvalue weighted by Gasteiger charge is -2.32. The lowest BCUT2D eigenvalue weighted by molar-refractivity contribution is 0.157. The molecule has 0 saturated carbocycles. The number of rotatable bonds is 13. The van der Waals surface area contributed by atoms with Gasteiger partial charge in [-0.05, 0) is 23.3 Å². The zero-order valence-electron chi connectivity index (χ0n) is 19.9. The van der Waals surface area contributed by atoms with Gasteiger partial charge in [0.25, 0.3) is 0 Å². The molecule has 11 heteroatoms. The summed E-state index contributed by atoms with van der Waals surface area (Å²) in [5.41, 5.74) is 1.15. The van der Waals surface area contributed by atoms with E-state index in [1.165, 1.54) is 28.4 Å². The van der Waals surface area contributed by atoms with E-state index in [4.69, 9.17) is 27.1 Å². The monoisotopic (exact) mass is 538 g/mol. The minimum absolute atomic E-state index is 0.574. The van der Waals surface area contributed by atoms with Gasteiger partial charge >= 0.3 is 15.2 Å². The lowest BCUT2D eigenvalue weighted by Crippen LogP contribution is -2.15. The number of hydrogen-bond acceptors (Lipinski definition) is 8. The third-order valence-corrected chi connectivity index (χ3v) is 11.0. The van der Waals surface area contributed by atoms with Crippen LogP contribution < -0.4 is 5.30 Å². The maximum Gasteiger partial charge on any atom is 0.363 e. The average Bonchev–Trinajstić information content (AvgIpc) is 2.93. The van der Waals surface area contributed by atoms with E-state index in [1.54, 1.807) is 48.5 Å². The molecule has 0 aliphatic carbocycles. The molecule has 0 radical (unpaired) electrons. The van der Waals surface area contributed by atoms with Crippen molar-refractivity contribution < 1.29 is 36.3 Å². The molecule has 0 aliphatic heterocycles. The molecule has 0 spiro atoms. The minimum Gasteiger partial charge on any atom is -0.310 e. The van der Waals surface area contributed by atoms with Crippen LogP contribution in [0.2, 0.25) is 0 Å². The molecule has 0 fully saturated rings. The largest absolute Gasteiger partial charge is 0.363 e. The molecule has 1 unspecified atom stereocenters. The van der Waals surface area contributed by atoms with E-state index in [0.717, 1.165) is 0 Å². The van der Waals surface area contributed by atoms with E-state index in [1.807, 2.05) is 42.5 Å². The van der Waals surface area contributed by atoms with Crippen LogP contribution in [-0.2, 0) is 36.3 Å². The molecular formula is C24H29O8P3. The van der Waals surface area contributed by atoms with Crippen molar-refractivity contribution in [3.05, 3.63) is 102 Å². The lowest BCUT2D eigenvalue weighted by atomic mass is 10.2. The van der Waals surface area contributed by atoms with Crippen molar-refractivity contribution in [3.63, 3.8) is 0 Å². The second-order valence-corrected chi connectivity index (χ2v) is 13.1. The molecule has 0 aliphatic rings. The van der Waals surface area contributed by atoms with Crippen LogP contribution in [-0.4, -0.2) is 28.4 Å². The van der Waals surface area contributed by atoms with E-state index in [2.05, 4.69) is 0 Å². The molecule has 3 rings (SSSR count). The highest BCUT2D eigenvalue weighted by Crippen LogP contribution is 2.68. The fourth-order valence-corrected chi connectivity index (χ4v) is 8.14. The quantitative estimate of drug-likeness (QED) is 0.214. The van der Waals surface area contributed by atoms with Gasteiger partial charge in [0, 0.05) is 33.7 Å². The van der Waals surface area contributed by atoms with Crippen LogP contribution in [0.5, 0.6) is 0 Å². The van der Waals surface area contributed by atoms with Gasteiger partial charge in [-0.2, -0.15) is 0 Å². The summed E-state index contributed by atoms with van der Waals surface area (Å²) in [6, 6.07) is 27.0. The van der Waals surface area contributed by atoms with Crippen molar-refractivity contribution in [2.24, 2.45) is 0 Å². The van der Waals surface area contributed by atoms with E-state index < -0.39 is 35.3 Å². The molecular weight excluding hydrogens is 509 g/mol. The van der Waals surface area contributed by atoms with Gasteiger partial charge in [0.15, 0.2) is 11.7 Å². The minimum atomic E-state index is -3.78. The van der Waals surface area contributed by atoms with Crippen LogP contribution in [0.4, 0.5) is 0 Å². The molecule has 0 N–H and O–H groups in total. The molecule has 0 amide bonds. The molecule has 35 heavy (non-hydrogen) atoms. The Bertz CT molecular complexity index is 1040. The van der Waals surface area contributed by atoms with Crippen molar-refractivity contribution in [3.8, 4) is 0 Å². The van der Waals surface area contributed by atoms with Crippen molar-refractivity contribution in [1.82, 2.24) is 0 Å². The van der Waals surface area contributed by atoms with Gasteiger partial charge in [-0.15, -0.1) is 0 Å². The fraction of sp³-hybridized carbons (Fsp3) is 0.250. The Morgan fingerprint density at radius 2 is 0.857 bits per heavy atom. The van der Waals surface area contributed by atoms with E-state index >= 15 is 0 Å². The van der Waals surface area contributed by atoms with E-state index in [0.29, 0.717) is 16.4 Å². The third-order valence-electron chi connectivity index (χ3n) is 5.12. The zero-order valence-corrected chi connectivity index (χ0v) is 22.6. The van der Waals surface area contributed by atoms with Gasteiger partial charge in [0.05, 0.1) is 0 Å². The Labute approximate surface area is 207 Å². The maximum atomic E-state index is 13.6. The van der Waals surface area contributed by atoms with Crippen molar-refractivity contribution in [2.75, 3.05) is 28.4 Å². The smallest absolute Gasteiger partial charge is 0.310 e. The second kappa shape index (κ2) is 13.0. The van der Waals surface area contributed by atoms with Crippen LogP contribution in [0.25, 0.3) is 0 Å². The van der Waals surface area contributed by atoms with Gasteiger partial charge in [-0.3, -0.25) is 9.13 Å². The highest BCUT2D eigenvalue weighted by atomic mass is 31.2. The summed E-state index contributed by atoms with van der Waals surface area (Å²) < 4.78 is 61.1. The van der Waals surface area contributed by atoms with Crippen molar-refractivity contribution in [2.45, 2.75) is 11.7 Å². The fourth-order valence-electron chi connectivity index (χ4n) is 3.25. The molecule has 0 aromatic heterocycles. The van der Waals surface area contributed by atoms with Crippen LogP contribution in [0.1, 0.15) is 22.8 Å². The summed E-state index contributed by atoms with van der Waals surface area (Å²) in [4.78, 5) is 0. The maximum absolute atomic E-state index is 13.6. The van der Waals surface area contributed by atoms with Crippen molar-refractivity contribution in [1.29, 1.82) is 0 Å². The third kappa shape index (κ3) is 6.75. The van der Waals surface area contributed by atoms with Gasteiger partial charge in [-0.25, -0.2) is 0 Å². The Hall–Kier alpha value is -1.69. The normalized spacial score (nSPS) is 14.9.